The topological polar surface area (TPSA) is 46.2 Å². The zero-order valence-electron chi connectivity index (χ0n) is 9.24. The lowest BCUT2D eigenvalue weighted by Crippen LogP contribution is -2.15. The summed E-state index contributed by atoms with van der Waals surface area (Å²) in [5.41, 5.74) is 1.82. The Labute approximate surface area is 105 Å². The highest BCUT2D eigenvalue weighted by Gasteiger charge is 2.07. The van der Waals surface area contributed by atoms with E-state index in [2.05, 4.69) is 20.7 Å². The third-order valence-corrected chi connectivity index (χ3v) is 3.97. The van der Waals surface area contributed by atoms with E-state index in [-0.39, 0.29) is 5.75 Å². The van der Waals surface area contributed by atoms with Gasteiger partial charge in [-0.05, 0) is 30.5 Å². The van der Waals surface area contributed by atoms with Gasteiger partial charge in [-0.2, -0.15) is 0 Å². The maximum absolute atomic E-state index is 11.5. The van der Waals surface area contributed by atoms with Crippen LogP contribution in [0, 0.1) is 0 Å². The predicted molar refractivity (Wildman–Crippen MR) is 71.6 cm³/mol. The Morgan fingerprint density at radius 1 is 1.25 bits per heavy atom. The third-order valence-electron chi connectivity index (χ3n) is 2.08. The van der Waals surface area contributed by atoms with E-state index in [1.54, 1.807) is 12.1 Å². The maximum Gasteiger partial charge on any atom is 0.232 e. The number of alkyl halides is 1. The molecule has 90 valence electrons. The minimum absolute atomic E-state index is 0.163. The fourth-order valence-corrected chi connectivity index (χ4v) is 2.94. The lowest BCUT2D eigenvalue weighted by Gasteiger charge is -2.07. The van der Waals surface area contributed by atoms with Gasteiger partial charge in [0.25, 0.3) is 0 Å². The summed E-state index contributed by atoms with van der Waals surface area (Å²) in [7, 11) is -3.17. The van der Waals surface area contributed by atoms with Gasteiger partial charge in [0.05, 0.1) is 5.75 Å². The van der Waals surface area contributed by atoms with Crippen molar-refractivity contribution >= 4 is 31.6 Å². The molecule has 0 saturated carbocycles. The molecule has 0 heterocycles. The number of sulfonamides is 1. The summed E-state index contributed by atoms with van der Waals surface area (Å²) in [6.07, 6.45) is 1.57. The minimum atomic E-state index is -3.17. The zero-order valence-corrected chi connectivity index (χ0v) is 11.6. The molecule has 5 heteroatoms. The quantitative estimate of drug-likeness (QED) is 0.822. The van der Waals surface area contributed by atoms with Crippen LogP contribution in [0.25, 0.3) is 0 Å². The lowest BCUT2D eigenvalue weighted by molar-refractivity contribution is 0.600. The van der Waals surface area contributed by atoms with Gasteiger partial charge in [0.1, 0.15) is 0 Å². The Morgan fingerprint density at radius 2 is 1.88 bits per heavy atom. The van der Waals surface area contributed by atoms with Crippen LogP contribution in [0.4, 0.5) is 5.69 Å². The number of hydrogen-bond donors (Lipinski definition) is 1. The van der Waals surface area contributed by atoms with E-state index in [0.29, 0.717) is 12.1 Å². The molecule has 0 aromatic heterocycles. The number of aryl methyl sites for hydroxylation is 1. The summed E-state index contributed by atoms with van der Waals surface area (Å²) >= 11 is 3.36. The van der Waals surface area contributed by atoms with E-state index in [9.17, 15) is 8.42 Å². The van der Waals surface area contributed by atoms with Crippen molar-refractivity contribution in [1.29, 1.82) is 0 Å². The monoisotopic (exact) mass is 305 g/mol. The first kappa shape index (κ1) is 13.5. The second-order valence-corrected chi connectivity index (χ2v) is 6.19. The summed E-state index contributed by atoms with van der Waals surface area (Å²) in [6.45, 7) is 1.85. The van der Waals surface area contributed by atoms with Crippen LogP contribution >= 0.6 is 15.9 Å². The molecular formula is C11H16BrNO2S. The summed E-state index contributed by atoms with van der Waals surface area (Å²) in [5.74, 6) is 0.163. The Kier molecular flexibility index (Phi) is 5.28. The van der Waals surface area contributed by atoms with Crippen LogP contribution in [-0.2, 0) is 16.4 Å². The molecule has 0 aliphatic carbocycles. The number of benzene rings is 1. The smallest absolute Gasteiger partial charge is 0.232 e. The van der Waals surface area contributed by atoms with Gasteiger partial charge < -0.3 is 0 Å². The van der Waals surface area contributed by atoms with E-state index in [1.807, 2.05) is 19.1 Å². The van der Waals surface area contributed by atoms with Crippen molar-refractivity contribution in [3.05, 3.63) is 29.8 Å². The highest BCUT2D eigenvalue weighted by atomic mass is 79.9. The van der Waals surface area contributed by atoms with Crippen LogP contribution in [-0.4, -0.2) is 19.5 Å². The minimum Gasteiger partial charge on any atom is -0.284 e. The van der Waals surface area contributed by atoms with Gasteiger partial charge in [0.2, 0.25) is 10.0 Å². The average Bonchev–Trinajstić information content (AvgIpc) is 2.21. The van der Waals surface area contributed by atoms with Crippen LogP contribution in [0.1, 0.15) is 18.9 Å². The molecule has 0 aliphatic rings. The van der Waals surface area contributed by atoms with E-state index in [4.69, 9.17) is 0 Å². The maximum atomic E-state index is 11.5. The Morgan fingerprint density at radius 3 is 2.38 bits per heavy atom. The van der Waals surface area contributed by atoms with Gasteiger partial charge in [-0.1, -0.05) is 35.0 Å². The molecule has 0 aliphatic heterocycles. The highest BCUT2D eigenvalue weighted by Crippen LogP contribution is 2.12. The Bertz CT molecular complexity index is 414. The average molecular weight is 306 g/mol. The number of halogens is 1. The molecule has 0 fully saturated rings. The summed E-state index contributed by atoms with van der Waals surface area (Å²) in [6, 6.07) is 7.46. The molecule has 0 amide bonds. The summed E-state index contributed by atoms with van der Waals surface area (Å²) in [4.78, 5) is 0. The second-order valence-electron chi connectivity index (χ2n) is 3.56. The molecule has 16 heavy (non-hydrogen) atoms. The fourth-order valence-electron chi connectivity index (χ4n) is 1.35. The number of nitrogens with one attached hydrogen (secondary N) is 1. The molecule has 0 bridgehead atoms. The SMILES string of the molecule is CCCS(=O)(=O)Nc1ccc(CCBr)cc1. The fraction of sp³-hybridized carbons (Fsp3) is 0.455. The number of hydrogen-bond acceptors (Lipinski definition) is 2. The zero-order chi connectivity index (χ0) is 12.0. The highest BCUT2D eigenvalue weighted by molar-refractivity contribution is 9.09. The second kappa shape index (κ2) is 6.25. The lowest BCUT2D eigenvalue weighted by atomic mass is 10.2. The molecule has 0 radical (unpaired) electrons. The van der Waals surface area contributed by atoms with Gasteiger partial charge in [-0.15, -0.1) is 0 Å². The van der Waals surface area contributed by atoms with E-state index in [1.165, 1.54) is 5.56 Å². The Balaban J connectivity index is 2.68. The molecular weight excluding hydrogens is 290 g/mol. The van der Waals surface area contributed by atoms with Crippen molar-refractivity contribution in [2.45, 2.75) is 19.8 Å². The van der Waals surface area contributed by atoms with Gasteiger partial charge >= 0.3 is 0 Å². The number of anilines is 1. The van der Waals surface area contributed by atoms with Gasteiger partial charge in [-0.3, -0.25) is 4.72 Å². The van der Waals surface area contributed by atoms with Crippen LogP contribution in [0.5, 0.6) is 0 Å². The molecule has 1 aromatic carbocycles. The van der Waals surface area contributed by atoms with Crippen LogP contribution in [0.2, 0.25) is 0 Å². The van der Waals surface area contributed by atoms with E-state index in [0.717, 1.165) is 11.8 Å². The first-order valence-electron chi connectivity index (χ1n) is 5.23. The first-order chi connectivity index (χ1) is 7.57. The largest absolute Gasteiger partial charge is 0.284 e. The van der Waals surface area contributed by atoms with Crippen molar-refractivity contribution in [3.63, 3.8) is 0 Å². The standard InChI is InChI=1S/C11H16BrNO2S/c1-2-9-16(14,15)13-11-5-3-10(4-6-11)7-8-12/h3-6,13H,2,7-9H2,1H3. The van der Waals surface area contributed by atoms with Crippen molar-refractivity contribution < 1.29 is 8.42 Å². The van der Waals surface area contributed by atoms with Crippen LogP contribution in [0.3, 0.4) is 0 Å². The molecule has 3 nitrogen and oxygen atoms in total. The van der Waals surface area contributed by atoms with Gasteiger partial charge in [0.15, 0.2) is 0 Å². The van der Waals surface area contributed by atoms with Crippen molar-refractivity contribution in [2.24, 2.45) is 0 Å². The van der Waals surface area contributed by atoms with Crippen molar-refractivity contribution in [2.75, 3.05) is 15.8 Å². The molecule has 0 unspecified atom stereocenters. The first-order valence-corrected chi connectivity index (χ1v) is 8.00. The normalized spacial score (nSPS) is 11.4. The molecule has 1 rings (SSSR count). The summed E-state index contributed by atoms with van der Waals surface area (Å²) in [5, 5.41) is 0.911. The Hall–Kier alpha value is -0.550. The number of rotatable bonds is 6. The molecule has 1 N–H and O–H groups in total. The van der Waals surface area contributed by atoms with Crippen molar-refractivity contribution in [3.8, 4) is 0 Å². The van der Waals surface area contributed by atoms with Gasteiger partial charge in [0, 0.05) is 11.0 Å². The predicted octanol–water partition coefficient (Wildman–Crippen LogP) is 2.78. The third kappa shape index (κ3) is 4.53. The van der Waals surface area contributed by atoms with E-state index < -0.39 is 10.0 Å². The van der Waals surface area contributed by atoms with Crippen molar-refractivity contribution in [1.82, 2.24) is 0 Å². The van der Waals surface area contributed by atoms with E-state index >= 15 is 0 Å². The van der Waals surface area contributed by atoms with Crippen LogP contribution in [0.15, 0.2) is 24.3 Å². The molecule has 0 atom stereocenters. The molecule has 0 saturated heterocycles. The molecule has 0 spiro atoms. The molecule has 1 aromatic rings. The summed E-state index contributed by atoms with van der Waals surface area (Å²) < 4.78 is 25.5. The van der Waals surface area contributed by atoms with Gasteiger partial charge in [-0.25, -0.2) is 8.42 Å². The van der Waals surface area contributed by atoms with Crippen LogP contribution < -0.4 is 4.72 Å².